The average molecular weight is 272 g/mol. The first-order valence-electron chi connectivity index (χ1n) is 4.90. The second-order valence-electron chi connectivity index (χ2n) is 3.04. The summed E-state index contributed by atoms with van der Waals surface area (Å²) in [7, 11) is -4.70. The second kappa shape index (κ2) is 6.23. The Morgan fingerprint density at radius 2 is 1.76 bits per heavy atom. The van der Waals surface area contributed by atoms with Gasteiger partial charge in [-0.15, -0.1) is 0 Å². The van der Waals surface area contributed by atoms with Crippen molar-refractivity contribution >= 4 is 13.6 Å². The van der Waals surface area contributed by atoms with Crippen LogP contribution >= 0.6 is 7.60 Å². The van der Waals surface area contributed by atoms with Crippen LogP contribution in [0, 0.1) is 0 Å². The molecule has 0 spiro atoms. The first-order valence-corrected chi connectivity index (χ1v) is 6.44. The van der Waals surface area contributed by atoms with E-state index in [0.29, 0.717) is 0 Å². The molecule has 0 aliphatic heterocycles. The topological polar surface area (TPSA) is 72.8 Å². The minimum atomic E-state index is -4.70. The Morgan fingerprint density at radius 3 is 2.06 bits per heavy atom. The highest BCUT2D eigenvalue weighted by Crippen LogP contribution is 2.64. The van der Waals surface area contributed by atoms with Crippen molar-refractivity contribution in [1.29, 1.82) is 0 Å². The predicted octanol–water partition coefficient (Wildman–Crippen LogP) is 2.88. The minimum absolute atomic E-state index is 0.229. The number of hydrogen-bond donors (Lipinski definition) is 1. The Kier molecular flexibility index (Phi) is 5.95. The Labute approximate surface area is 97.9 Å². The van der Waals surface area contributed by atoms with Gasteiger partial charge in [0.25, 0.3) is 0 Å². The third-order valence-corrected chi connectivity index (χ3v) is 3.99. The zero-order valence-corrected chi connectivity index (χ0v) is 10.7. The van der Waals surface area contributed by atoms with Gasteiger partial charge >= 0.3 is 19.2 Å². The predicted molar refractivity (Wildman–Crippen MR) is 57.2 cm³/mol. The van der Waals surface area contributed by atoms with Gasteiger partial charge in [0, 0.05) is 11.6 Å². The molecule has 0 aromatic rings. The van der Waals surface area contributed by atoms with Crippen LogP contribution in [-0.2, 0) is 18.4 Å². The Balaban J connectivity index is 5.35. The van der Waals surface area contributed by atoms with Crippen LogP contribution < -0.4 is 0 Å². The molecule has 0 amide bonds. The van der Waals surface area contributed by atoms with E-state index in [0.717, 1.165) is 6.92 Å². The van der Waals surface area contributed by atoms with Crippen LogP contribution in [0.1, 0.15) is 20.8 Å². The zero-order chi connectivity index (χ0) is 13.7. The van der Waals surface area contributed by atoms with E-state index in [1.54, 1.807) is 0 Å². The van der Waals surface area contributed by atoms with E-state index in [-0.39, 0.29) is 19.3 Å². The molecular formula is C9H15F2O5P. The molecule has 0 aromatic heterocycles. The van der Waals surface area contributed by atoms with E-state index in [4.69, 9.17) is 5.11 Å². The van der Waals surface area contributed by atoms with E-state index in [9.17, 15) is 18.1 Å². The van der Waals surface area contributed by atoms with Crippen LogP contribution in [0.4, 0.5) is 8.78 Å². The summed E-state index contributed by atoms with van der Waals surface area (Å²) < 4.78 is 48.3. The van der Waals surface area contributed by atoms with Crippen LogP contribution in [0.2, 0.25) is 0 Å². The van der Waals surface area contributed by atoms with Crippen molar-refractivity contribution < 1.29 is 32.3 Å². The molecular weight excluding hydrogens is 257 g/mol. The average Bonchev–Trinajstić information content (AvgIpc) is 2.16. The van der Waals surface area contributed by atoms with Gasteiger partial charge in [0.15, 0.2) is 0 Å². The summed E-state index contributed by atoms with van der Waals surface area (Å²) in [6.07, 6.45) is 0.282. The highest BCUT2D eigenvalue weighted by Gasteiger charge is 2.54. The van der Waals surface area contributed by atoms with Crippen LogP contribution in [0.25, 0.3) is 0 Å². The van der Waals surface area contributed by atoms with Crippen molar-refractivity contribution in [2.45, 2.75) is 26.4 Å². The monoisotopic (exact) mass is 272 g/mol. The lowest BCUT2D eigenvalue weighted by atomic mass is 10.3. The highest BCUT2D eigenvalue weighted by atomic mass is 31.2. The molecule has 0 aliphatic carbocycles. The number of halogens is 2. The fraction of sp³-hybridized carbons (Fsp3) is 0.667. The molecule has 0 aliphatic rings. The summed E-state index contributed by atoms with van der Waals surface area (Å²) in [6.45, 7) is 3.18. The van der Waals surface area contributed by atoms with Crippen molar-refractivity contribution in [2.75, 3.05) is 13.2 Å². The van der Waals surface area contributed by atoms with Gasteiger partial charge in [0.1, 0.15) is 0 Å². The fourth-order valence-electron chi connectivity index (χ4n) is 1.03. The van der Waals surface area contributed by atoms with Crippen molar-refractivity contribution in [3.63, 3.8) is 0 Å². The molecule has 0 aromatic carbocycles. The number of carboxylic acid groups (broad SMARTS) is 1. The number of carboxylic acids is 1. The van der Waals surface area contributed by atoms with E-state index >= 15 is 0 Å². The lowest BCUT2D eigenvalue weighted by Gasteiger charge is -2.26. The second-order valence-corrected chi connectivity index (χ2v) is 5.11. The number of carbonyl (C=O) groups is 1. The molecule has 17 heavy (non-hydrogen) atoms. The molecule has 100 valence electrons. The van der Waals surface area contributed by atoms with Crippen LogP contribution in [0.3, 0.4) is 0 Å². The SMILES string of the molecule is CCOP(=O)(OCC)C(F)(F)/C(C)=C\C(=O)O. The summed E-state index contributed by atoms with van der Waals surface area (Å²) in [5, 5.41) is 8.39. The molecule has 0 radical (unpaired) electrons. The Bertz CT molecular complexity index is 343. The van der Waals surface area contributed by atoms with Gasteiger partial charge in [0.2, 0.25) is 0 Å². The molecule has 5 nitrogen and oxygen atoms in total. The van der Waals surface area contributed by atoms with E-state index in [1.165, 1.54) is 13.8 Å². The molecule has 1 N–H and O–H groups in total. The maximum atomic E-state index is 13.8. The molecule has 0 saturated carbocycles. The first kappa shape index (κ1) is 16.2. The van der Waals surface area contributed by atoms with Crippen molar-refractivity contribution in [1.82, 2.24) is 0 Å². The molecule has 0 saturated heterocycles. The standard InChI is InChI=1S/C9H15F2O5P/c1-4-15-17(14,16-5-2)9(10,11)7(3)6-8(12)13/h6H,4-5H2,1-3H3,(H,12,13)/b7-6-. The van der Waals surface area contributed by atoms with Crippen molar-refractivity contribution in [2.24, 2.45) is 0 Å². The van der Waals surface area contributed by atoms with Gasteiger partial charge in [-0.25, -0.2) is 4.79 Å². The molecule has 0 atom stereocenters. The van der Waals surface area contributed by atoms with Crippen LogP contribution in [0.5, 0.6) is 0 Å². The van der Waals surface area contributed by atoms with Crippen molar-refractivity contribution in [3.8, 4) is 0 Å². The summed E-state index contributed by atoms with van der Waals surface area (Å²) >= 11 is 0. The molecule has 0 unspecified atom stereocenters. The fourth-order valence-corrected chi connectivity index (χ4v) is 2.60. The zero-order valence-electron chi connectivity index (χ0n) is 9.77. The van der Waals surface area contributed by atoms with Gasteiger partial charge in [-0.2, -0.15) is 8.78 Å². The Hall–Kier alpha value is -0.780. The van der Waals surface area contributed by atoms with Crippen molar-refractivity contribution in [3.05, 3.63) is 11.6 Å². The maximum Gasteiger partial charge on any atom is 0.404 e. The maximum absolute atomic E-state index is 13.8. The quantitative estimate of drug-likeness (QED) is 0.569. The summed E-state index contributed by atoms with van der Waals surface area (Å²) in [6, 6.07) is 0. The lowest BCUT2D eigenvalue weighted by molar-refractivity contribution is -0.131. The van der Waals surface area contributed by atoms with Crippen LogP contribution in [-0.4, -0.2) is 30.0 Å². The van der Waals surface area contributed by atoms with Gasteiger partial charge < -0.3 is 14.2 Å². The summed E-state index contributed by atoms with van der Waals surface area (Å²) in [5.41, 5.74) is -4.84. The first-order chi connectivity index (χ1) is 7.71. The van der Waals surface area contributed by atoms with Gasteiger partial charge in [-0.05, 0) is 20.8 Å². The molecule has 8 heteroatoms. The van der Waals surface area contributed by atoms with E-state index in [1.807, 2.05) is 0 Å². The number of aliphatic carboxylic acids is 1. The number of rotatable bonds is 7. The smallest absolute Gasteiger partial charge is 0.404 e. The highest BCUT2D eigenvalue weighted by molar-refractivity contribution is 7.55. The summed E-state index contributed by atoms with van der Waals surface area (Å²) in [4.78, 5) is 10.3. The molecule has 0 heterocycles. The largest absolute Gasteiger partial charge is 0.478 e. The third-order valence-electron chi connectivity index (χ3n) is 1.76. The number of allylic oxidation sites excluding steroid dienone is 1. The van der Waals surface area contributed by atoms with Gasteiger partial charge in [-0.1, -0.05) is 0 Å². The number of alkyl halides is 2. The summed E-state index contributed by atoms with van der Waals surface area (Å²) in [5.74, 6) is -1.55. The van der Waals surface area contributed by atoms with E-state index < -0.39 is 24.8 Å². The molecule has 0 bridgehead atoms. The minimum Gasteiger partial charge on any atom is -0.478 e. The molecule has 0 fully saturated rings. The van der Waals surface area contributed by atoms with Gasteiger partial charge in [-0.3, -0.25) is 4.57 Å². The Morgan fingerprint density at radius 1 is 1.35 bits per heavy atom. The lowest BCUT2D eigenvalue weighted by Crippen LogP contribution is -2.22. The van der Waals surface area contributed by atoms with Crippen LogP contribution in [0.15, 0.2) is 11.6 Å². The third kappa shape index (κ3) is 3.87. The van der Waals surface area contributed by atoms with E-state index in [2.05, 4.69) is 9.05 Å². The normalized spacial score (nSPS) is 13.8. The number of hydrogen-bond acceptors (Lipinski definition) is 4. The molecule has 0 rings (SSSR count). The van der Waals surface area contributed by atoms with Gasteiger partial charge in [0.05, 0.1) is 13.2 Å².